The Labute approximate surface area is 156 Å². The third kappa shape index (κ3) is 4.16. The second kappa shape index (κ2) is 8.05. The highest BCUT2D eigenvalue weighted by molar-refractivity contribution is 5.80. The van der Waals surface area contributed by atoms with Crippen LogP contribution in [0.5, 0.6) is 0 Å². The maximum absolute atomic E-state index is 5.48. The molecule has 1 aliphatic heterocycles. The average molecular weight is 348 g/mol. The largest absolute Gasteiger partial charge is 0.356 e. The number of piperidine rings is 1. The molecule has 1 saturated heterocycles. The molecule has 4 rings (SSSR count). The predicted octanol–water partition coefficient (Wildman–Crippen LogP) is 5.02. The third-order valence-corrected chi connectivity index (χ3v) is 5.76. The van der Waals surface area contributed by atoms with Crippen molar-refractivity contribution in [1.29, 1.82) is 0 Å². The average Bonchev–Trinajstić information content (AvgIpc) is 3.08. The first kappa shape index (κ1) is 17.3. The van der Waals surface area contributed by atoms with Gasteiger partial charge in [-0.3, -0.25) is 0 Å². The van der Waals surface area contributed by atoms with Crippen molar-refractivity contribution in [2.24, 2.45) is 5.92 Å². The van der Waals surface area contributed by atoms with E-state index >= 15 is 0 Å². The van der Waals surface area contributed by atoms with Gasteiger partial charge >= 0.3 is 0 Å². The fraction of sp³-hybridized carbons (Fsp3) is 0.435. The van der Waals surface area contributed by atoms with Crippen molar-refractivity contribution >= 4 is 11.0 Å². The number of aryl methyl sites for hydroxylation is 2. The molecule has 0 amide bonds. The van der Waals surface area contributed by atoms with Crippen molar-refractivity contribution in [3.63, 3.8) is 0 Å². The number of nitrogens with zero attached hydrogens (tertiary/aromatic N) is 2. The summed E-state index contributed by atoms with van der Waals surface area (Å²) in [6, 6.07) is 17.2. The van der Waals surface area contributed by atoms with Crippen LogP contribution < -0.4 is 0 Å². The summed E-state index contributed by atoms with van der Waals surface area (Å²) in [6.45, 7) is 5.78. The highest BCUT2D eigenvalue weighted by atomic mass is 16.5. The normalized spacial score (nSPS) is 16.3. The quantitative estimate of drug-likeness (QED) is 0.626. The van der Waals surface area contributed by atoms with Crippen LogP contribution in [0.3, 0.4) is 0 Å². The molecule has 1 aromatic heterocycles. The monoisotopic (exact) mass is 348 g/mol. The smallest absolute Gasteiger partial charge is 0.167 e. The molecular formula is C23H28N2O. The van der Waals surface area contributed by atoms with Crippen LogP contribution in [0.1, 0.15) is 36.1 Å². The molecule has 3 aromatic rings. The van der Waals surface area contributed by atoms with E-state index in [2.05, 4.69) is 59.4 Å². The number of hydrogen-bond donors (Lipinski definition) is 0. The summed E-state index contributed by atoms with van der Waals surface area (Å²) in [5.74, 6) is 0.819. The molecule has 0 spiro atoms. The molecule has 0 bridgehead atoms. The van der Waals surface area contributed by atoms with E-state index < -0.39 is 0 Å². The van der Waals surface area contributed by atoms with Crippen LogP contribution in [0.15, 0.2) is 53.1 Å². The minimum absolute atomic E-state index is 0.819. The van der Waals surface area contributed by atoms with Gasteiger partial charge in [-0.1, -0.05) is 47.1 Å². The lowest BCUT2D eigenvalue weighted by Crippen LogP contribution is -2.35. The Morgan fingerprint density at radius 3 is 2.65 bits per heavy atom. The van der Waals surface area contributed by atoms with E-state index in [9.17, 15) is 0 Å². The van der Waals surface area contributed by atoms with Crippen LogP contribution in [0.25, 0.3) is 11.0 Å². The summed E-state index contributed by atoms with van der Waals surface area (Å²) >= 11 is 0. The van der Waals surface area contributed by atoms with Crippen molar-refractivity contribution in [2.75, 3.05) is 19.6 Å². The van der Waals surface area contributed by atoms with Crippen LogP contribution in [-0.4, -0.2) is 29.7 Å². The lowest BCUT2D eigenvalue weighted by atomic mass is 9.91. The summed E-state index contributed by atoms with van der Waals surface area (Å²) < 4.78 is 5.48. The summed E-state index contributed by atoms with van der Waals surface area (Å²) in [5, 5.41) is 5.51. The third-order valence-electron chi connectivity index (χ3n) is 5.76. The van der Waals surface area contributed by atoms with Gasteiger partial charge in [0.1, 0.15) is 0 Å². The Morgan fingerprint density at radius 1 is 1.04 bits per heavy atom. The number of hydrogen-bond acceptors (Lipinski definition) is 3. The molecule has 136 valence electrons. The van der Waals surface area contributed by atoms with E-state index in [1.165, 1.54) is 55.4 Å². The van der Waals surface area contributed by atoms with Gasteiger partial charge in [-0.15, -0.1) is 0 Å². The molecule has 1 fully saturated rings. The minimum atomic E-state index is 0.819. The summed E-state index contributed by atoms with van der Waals surface area (Å²) in [6.07, 6.45) is 6.04. The first-order chi connectivity index (χ1) is 12.8. The van der Waals surface area contributed by atoms with Gasteiger partial charge in [0.15, 0.2) is 5.58 Å². The zero-order valence-corrected chi connectivity index (χ0v) is 15.7. The van der Waals surface area contributed by atoms with Gasteiger partial charge < -0.3 is 9.42 Å². The van der Waals surface area contributed by atoms with Crippen molar-refractivity contribution < 1.29 is 4.52 Å². The topological polar surface area (TPSA) is 29.3 Å². The van der Waals surface area contributed by atoms with Gasteiger partial charge in [0.25, 0.3) is 0 Å². The lowest BCUT2D eigenvalue weighted by molar-refractivity contribution is 0.180. The maximum Gasteiger partial charge on any atom is 0.167 e. The van der Waals surface area contributed by atoms with Crippen LogP contribution in [-0.2, 0) is 12.8 Å². The first-order valence-electron chi connectivity index (χ1n) is 9.89. The van der Waals surface area contributed by atoms with E-state index in [0.717, 1.165) is 30.0 Å². The first-order valence-corrected chi connectivity index (χ1v) is 9.89. The molecule has 2 aromatic carbocycles. The molecule has 0 aliphatic carbocycles. The number of benzene rings is 2. The van der Waals surface area contributed by atoms with Crippen molar-refractivity contribution in [2.45, 2.75) is 39.0 Å². The Hall–Kier alpha value is -2.13. The van der Waals surface area contributed by atoms with Gasteiger partial charge in [-0.25, -0.2) is 0 Å². The van der Waals surface area contributed by atoms with Crippen molar-refractivity contribution in [1.82, 2.24) is 10.1 Å². The van der Waals surface area contributed by atoms with Gasteiger partial charge in [-0.2, -0.15) is 0 Å². The van der Waals surface area contributed by atoms with Crippen LogP contribution in [0, 0.1) is 12.8 Å². The Kier molecular flexibility index (Phi) is 5.35. The molecule has 0 N–H and O–H groups in total. The second-order valence-corrected chi connectivity index (χ2v) is 7.69. The fourth-order valence-electron chi connectivity index (χ4n) is 4.05. The zero-order chi connectivity index (χ0) is 17.8. The molecule has 3 heteroatoms. The summed E-state index contributed by atoms with van der Waals surface area (Å²) in [4.78, 5) is 2.62. The molecule has 0 unspecified atom stereocenters. The number of rotatable bonds is 6. The van der Waals surface area contributed by atoms with Gasteiger partial charge in [-0.05, 0) is 75.7 Å². The SMILES string of the molecule is Cc1ccc2onc(CCC3CCN(CCc4ccccc4)CC3)c2c1. The molecule has 0 saturated carbocycles. The van der Waals surface area contributed by atoms with E-state index in [1.54, 1.807) is 0 Å². The van der Waals surface area contributed by atoms with E-state index in [-0.39, 0.29) is 0 Å². The minimum Gasteiger partial charge on any atom is -0.356 e. The zero-order valence-electron chi connectivity index (χ0n) is 15.7. The Balaban J connectivity index is 1.24. The molecular weight excluding hydrogens is 320 g/mol. The van der Waals surface area contributed by atoms with E-state index in [1.807, 2.05) is 6.07 Å². The molecule has 0 atom stereocenters. The van der Waals surface area contributed by atoms with E-state index in [0.29, 0.717) is 0 Å². The maximum atomic E-state index is 5.48. The number of fused-ring (bicyclic) bond motifs is 1. The predicted molar refractivity (Wildman–Crippen MR) is 106 cm³/mol. The Bertz CT molecular complexity index is 832. The fourth-order valence-corrected chi connectivity index (χ4v) is 4.05. The van der Waals surface area contributed by atoms with Crippen LogP contribution >= 0.6 is 0 Å². The standard InChI is InChI=1S/C23H28N2O/c1-18-7-10-23-21(17-18)22(24-26-23)9-8-20-12-15-25(16-13-20)14-11-19-5-3-2-4-6-19/h2-7,10,17,20H,8-9,11-16H2,1H3. The number of likely N-dealkylation sites (tertiary alicyclic amines) is 1. The van der Waals surface area contributed by atoms with Gasteiger partial charge in [0.05, 0.1) is 5.69 Å². The molecule has 2 heterocycles. The van der Waals surface area contributed by atoms with Gasteiger partial charge in [0.2, 0.25) is 0 Å². The van der Waals surface area contributed by atoms with E-state index in [4.69, 9.17) is 4.52 Å². The molecule has 3 nitrogen and oxygen atoms in total. The van der Waals surface area contributed by atoms with Gasteiger partial charge in [0, 0.05) is 11.9 Å². The summed E-state index contributed by atoms with van der Waals surface area (Å²) in [5.41, 5.74) is 4.77. The second-order valence-electron chi connectivity index (χ2n) is 7.69. The van der Waals surface area contributed by atoms with Crippen LogP contribution in [0.2, 0.25) is 0 Å². The lowest BCUT2D eigenvalue weighted by Gasteiger charge is -2.31. The molecule has 1 aliphatic rings. The highest BCUT2D eigenvalue weighted by Gasteiger charge is 2.20. The number of aromatic nitrogens is 1. The van der Waals surface area contributed by atoms with Crippen molar-refractivity contribution in [3.8, 4) is 0 Å². The molecule has 0 radical (unpaired) electrons. The Morgan fingerprint density at radius 2 is 1.85 bits per heavy atom. The molecule has 26 heavy (non-hydrogen) atoms. The van der Waals surface area contributed by atoms with Crippen LogP contribution in [0.4, 0.5) is 0 Å². The van der Waals surface area contributed by atoms with Crippen molar-refractivity contribution in [3.05, 3.63) is 65.4 Å². The summed E-state index contributed by atoms with van der Waals surface area (Å²) in [7, 11) is 0. The highest BCUT2D eigenvalue weighted by Crippen LogP contribution is 2.26.